The zero-order chi connectivity index (χ0) is 106. The van der Waals surface area contributed by atoms with Crippen LogP contribution in [0.2, 0.25) is 25.3 Å². The van der Waals surface area contributed by atoms with Gasteiger partial charge in [0, 0.05) is 77.4 Å². The molecule has 2 aromatic rings. The monoisotopic (exact) mass is 1980 g/mol. The van der Waals surface area contributed by atoms with Gasteiger partial charge in [0.25, 0.3) is 0 Å². The van der Waals surface area contributed by atoms with E-state index in [1.807, 2.05) is 151 Å². The quantitative estimate of drug-likeness (QED) is 0.0128. The lowest BCUT2D eigenvalue weighted by Gasteiger charge is -2.47. The molecule has 6 heterocycles. The number of alkyl carbamates (subject to hydrolysis) is 2. The Balaban J connectivity index is 0.000000295. The third-order valence-electron chi connectivity index (χ3n) is 29.2. The number of hydrogen-bond acceptors (Lipinski definition) is 26. The number of carbonyl (C=O) groups excluding carboxylic acids is 10. The molecule has 0 radical (unpaired) electrons. The molecule has 11 atom stereocenters. The first kappa shape index (κ1) is 121. The molecule has 7 fully saturated rings. The summed E-state index contributed by atoms with van der Waals surface area (Å²) in [6.45, 7) is 45.5. The van der Waals surface area contributed by atoms with Crippen molar-refractivity contribution in [2.24, 2.45) is 16.9 Å². The summed E-state index contributed by atoms with van der Waals surface area (Å²) in [5.41, 5.74) is 5.27. The smallest absolute Gasteiger partial charge is 0.457 e. The standard InChI is InChI=1S/C34H54BN3O8.C27H48BN3O8.C25H39BN2O5.C15H29BN2O5/c1-10-27(37-30(42)44-31(3,4)5)28(40)36-26-18-21-38(24(2)39)34(22-26,29(41)43-23-25-16-12-11-13-17-25)19-14-15-20-35-45-32(6,7)33(8,9)46-35;1-10-20(30-23(36)37-24(3,4)5)21(33)29-19-13-16-31(18(2)32)27(17-19,22(34)35)14-11-12-15-28-38-25(6,7)26(8,9)39-28;1-19(29)28-16-13-21(27)17-25(28,22(30)31-18-20-11-7-6-8-12-20)14-9-10-15-26-32-23(2,3)24(4,5)33-26;1-2-12(17)13(19)18-11-6-5-8-15(10-11,14(20)21)7-3-4-9-16(22)23/h11-13,16-17,26-27H,10,14-15,18-23H2,1-9H3,(H,36,40)(H,37,42);19-20H,10-17H2,1-9H3,(H,29,33)(H,30,36)(H,34,35);6-8,11-12,21H,9-10,13-18,27H2,1-5H3;11-12,22-23H,2-10,17H2,1H3,(H,18,19)(H,20,21)/t26-,27-,34+;19-,20-,27+;21-,25+;11-,12-,15+/m0000/s1. The van der Waals surface area contributed by atoms with Gasteiger partial charge in [0.05, 0.1) is 45.1 Å². The van der Waals surface area contributed by atoms with Gasteiger partial charge in [-0.3, -0.25) is 33.6 Å². The number of rotatable bonds is 39. The van der Waals surface area contributed by atoms with E-state index in [-0.39, 0.29) is 132 Å². The molecule has 40 heteroatoms. The molecular formula is C101H170B4N10O26. The van der Waals surface area contributed by atoms with Crippen molar-refractivity contribution >= 4 is 100.0 Å². The zero-order valence-electron chi connectivity index (χ0n) is 88.9. The van der Waals surface area contributed by atoms with Crippen LogP contribution in [0.15, 0.2) is 60.7 Å². The van der Waals surface area contributed by atoms with E-state index in [0.717, 1.165) is 43.1 Å². The Hall–Kier alpha value is -8.46. The van der Waals surface area contributed by atoms with Crippen LogP contribution in [0.25, 0.3) is 0 Å². The molecule has 8 amide bonds. The van der Waals surface area contributed by atoms with Crippen LogP contribution in [0.3, 0.4) is 0 Å². The van der Waals surface area contributed by atoms with Crippen LogP contribution in [0.1, 0.15) is 338 Å². The highest BCUT2D eigenvalue weighted by molar-refractivity contribution is 6.46. The molecule has 1 saturated carbocycles. The lowest BCUT2D eigenvalue weighted by molar-refractivity contribution is -0.170. The van der Waals surface area contributed by atoms with Crippen LogP contribution in [-0.4, -0.2) is 258 Å². The summed E-state index contributed by atoms with van der Waals surface area (Å²) in [7, 11) is -2.35. The Morgan fingerprint density at radius 1 is 0.447 bits per heavy atom. The molecule has 1 aliphatic carbocycles. The Kier molecular flexibility index (Phi) is 45.2. The summed E-state index contributed by atoms with van der Waals surface area (Å²) in [6.07, 6.45) is 13.7. The average Bonchev–Trinajstić information content (AvgIpc) is 1.75. The number of piperidine rings is 3. The van der Waals surface area contributed by atoms with Crippen LogP contribution in [0.5, 0.6) is 0 Å². The molecule has 9 rings (SSSR count). The molecule has 7 aliphatic rings. The number of carboxylic acid groups (broad SMARTS) is 2. The number of likely N-dealkylation sites (tertiary alicyclic amines) is 3. The topological polar surface area (TPSA) is 500 Å². The maximum absolute atomic E-state index is 14.1. The summed E-state index contributed by atoms with van der Waals surface area (Å²) in [6, 6.07) is 15.6. The number of nitrogens with zero attached hydrogens (tertiary/aromatic N) is 3. The SMILES string of the molecule is CC(=O)N1CC[C@H](N)C[C@]1(CCCCB1OC(C)(C)C(C)(C)O1)C(=O)OCc1ccccc1.CC[C@H](N)C(=O)N[C@H]1CCC[C@@](CCCCB(O)O)(C(=O)O)C1.CC[C@H](NC(=O)OC(C)(C)C)C(=O)N[C@H]1CCN(C(C)=O)[C@@](CCCCB2OC(C)(C)C(C)(C)O2)(C(=O)O)C1.CC[C@H](NC(=O)OC(C)(C)C)C(=O)N[C@H]1CCN(C(C)=O)[C@@](CCCCB2OC(C)(C)C(C)(C)O2)(C(=O)OCc2ccccc2)C1. The fourth-order valence-corrected chi connectivity index (χ4v) is 19.3. The third-order valence-corrected chi connectivity index (χ3v) is 29.2. The molecular weight excluding hydrogens is 1810 g/mol. The highest BCUT2D eigenvalue weighted by Gasteiger charge is 2.58. The number of hydrogen-bond donors (Lipinski definition) is 11. The second kappa shape index (κ2) is 52.5. The predicted molar refractivity (Wildman–Crippen MR) is 539 cm³/mol. The molecule has 36 nitrogen and oxygen atoms in total. The van der Waals surface area contributed by atoms with Gasteiger partial charge >= 0.3 is 64.5 Å². The van der Waals surface area contributed by atoms with Crippen LogP contribution in [-0.2, 0) is 108 Å². The minimum absolute atomic E-state index is 0.0653. The minimum atomic E-state index is -1.45. The Morgan fingerprint density at radius 3 is 1.12 bits per heavy atom. The second-order valence-electron chi connectivity index (χ2n) is 44.3. The first-order chi connectivity index (χ1) is 65.5. The number of aliphatic carboxylic acids is 2. The van der Waals surface area contributed by atoms with E-state index in [9.17, 15) is 67.7 Å². The van der Waals surface area contributed by atoms with Gasteiger partial charge in [-0.2, -0.15) is 0 Å². The van der Waals surface area contributed by atoms with Crippen molar-refractivity contribution in [2.45, 2.75) is 469 Å². The van der Waals surface area contributed by atoms with Crippen molar-refractivity contribution < 1.29 is 125 Å². The van der Waals surface area contributed by atoms with Crippen LogP contribution >= 0.6 is 0 Å². The van der Waals surface area contributed by atoms with E-state index in [0.29, 0.717) is 135 Å². The van der Waals surface area contributed by atoms with E-state index in [4.69, 9.17) is 68.4 Å². The summed E-state index contributed by atoms with van der Waals surface area (Å²) in [4.78, 5) is 158. The van der Waals surface area contributed by atoms with Crippen molar-refractivity contribution in [3.8, 4) is 0 Å². The van der Waals surface area contributed by atoms with E-state index in [1.165, 1.54) is 25.7 Å². The summed E-state index contributed by atoms with van der Waals surface area (Å²) in [5, 5.41) is 51.8. The van der Waals surface area contributed by atoms with Gasteiger partial charge in [0.15, 0.2) is 0 Å². The predicted octanol–water partition coefficient (Wildman–Crippen LogP) is 12.9. The average molecular weight is 1980 g/mol. The number of nitrogens with one attached hydrogen (secondary N) is 5. The molecule has 13 N–H and O–H groups in total. The van der Waals surface area contributed by atoms with Gasteiger partial charge in [0.2, 0.25) is 35.4 Å². The van der Waals surface area contributed by atoms with Crippen LogP contribution in [0, 0.1) is 5.41 Å². The van der Waals surface area contributed by atoms with Crippen molar-refractivity contribution in [3.63, 3.8) is 0 Å². The highest BCUT2D eigenvalue weighted by atomic mass is 16.7. The normalized spacial score (nSPS) is 24.8. The van der Waals surface area contributed by atoms with Crippen LogP contribution in [0.4, 0.5) is 9.59 Å². The molecule has 0 aromatic heterocycles. The largest absolute Gasteiger partial charge is 0.481 e. The number of unbranched alkanes of at least 4 members (excludes halogenated alkanes) is 4. The number of amides is 8. The molecule has 792 valence electrons. The van der Waals surface area contributed by atoms with Crippen molar-refractivity contribution in [3.05, 3.63) is 71.8 Å². The van der Waals surface area contributed by atoms with E-state index >= 15 is 0 Å². The van der Waals surface area contributed by atoms with Gasteiger partial charge in [-0.15, -0.1) is 0 Å². The lowest BCUT2D eigenvalue weighted by atomic mass is 9.68. The molecule has 0 spiro atoms. The molecule has 0 unspecified atom stereocenters. The van der Waals surface area contributed by atoms with Gasteiger partial charge in [-0.1, -0.05) is 139 Å². The van der Waals surface area contributed by atoms with E-state index in [2.05, 4.69) is 26.6 Å². The lowest BCUT2D eigenvalue weighted by Crippen LogP contribution is -2.64. The van der Waals surface area contributed by atoms with Gasteiger partial charge in [0.1, 0.15) is 53.1 Å². The Morgan fingerprint density at radius 2 is 0.780 bits per heavy atom. The Labute approximate surface area is 838 Å². The maximum Gasteiger partial charge on any atom is 0.457 e. The molecule has 0 bridgehead atoms. The van der Waals surface area contributed by atoms with Crippen molar-refractivity contribution in [1.82, 2.24) is 41.3 Å². The number of benzene rings is 2. The highest BCUT2D eigenvalue weighted by Crippen LogP contribution is 2.46. The molecule has 141 heavy (non-hydrogen) atoms. The van der Waals surface area contributed by atoms with Gasteiger partial charge < -0.3 is 120 Å². The number of esters is 2. The third kappa shape index (κ3) is 35.2. The maximum atomic E-state index is 14.1. The molecule has 6 aliphatic heterocycles. The summed E-state index contributed by atoms with van der Waals surface area (Å²) in [5.74, 6) is -4.46. The molecule has 6 saturated heterocycles. The van der Waals surface area contributed by atoms with Gasteiger partial charge in [-0.05, 0) is 251 Å². The van der Waals surface area contributed by atoms with Gasteiger partial charge in [-0.25, -0.2) is 24.0 Å². The fraction of sp³-hybridized carbons (Fsp3) is 0.762. The van der Waals surface area contributed by atoms with Crippen molar-refractivity contribution in [2.75, 3.05) is 19.6 Å². The number of nitrogens with two attached hydrogens (primary N) is 2. The minimum Gasteiger partial charge on any atom is -0.481 e. The van der Waals surface area contributed by atoms with E-state index in [1.54, 1.807) is 65.2 Å². The second-order valence-corrected chi connectivity index (χ2v) is 44.3. The van der Waals surface area contributed by atoms with E-state index < -0.39 is 129 Å². The zero-order valence-corrected chi connectivity index (χ0v) is 88.9. The Bertz CT molecular complexity index is 4380. The summed E-state index contributed by atoms with van der Waals surface area (Å²) >= 11 is 0. The fourth-order valence-electron chi connectivity index (χ4n) is 19.3. The van der Waals surface area contributed by atoms with Crippen LogP contribution < -0.4 is 38.1 Å². The molecule has 2 aromatic carbocycles. The number of carbonyl (C=O) groups is 12. The van der Waals surface area contributed by atoms with Crippen molar-refractivity contribution in [1.29, 1.82) is 0 Å². The first-order valence-electron chi connectivity index (χ1n) is 51.1. The first-order valence-corrected chi connectivity index (χ1v) is 51.1. The summed E-state index contributed by atoms with van der Waals surface area (Å²) < 4.78 is 58.8. The number of ether oxygens (including phenoxy) is 4. The number of carboxylic acids is 2.